The topological polar surface area (TPSA) is 55.9 Å². The second kappa shape index (κ2) is 6.15. The minimum absolute atomic E-state index is 0.190. The van der Waals surface area contributed by atoms with Crippen LogP contribution in [-0.2, 0) is 13.5 Å². The lowest BCUT2D eigenvalue weighted by molar-refractivity contribution is 0.495. The van der Waals surface area contributed by atoms with Crippen molar-refractivity contribution in [2.75, 3.05) is 6.54 Å². The predicted molar refractivity (Wildman–Crippen MR) is 72.1 cm³/mol. The molecule has 6 heteroatoms. The van der Waals surface area contributed by atoms with Gasteiger partial charge < -0.3 is 9.73 Å². The molecule has 98 valence electrons. The average Bonchev–Trinajstić information content (AvgIpc) is 2.93. The van der Waals surface area contributed by atoms with Gasteiger partial charge in [-0.1, -0.05) is 12.1 Å². The highest BCUT2D eigenvalue weighted by Gasteiger charge is 2.18. The molecule has 2 aromatic rings. The van der Waals surface area contributed by atoms with Crippen LogP contribution in [0.4, 0.5) is 0 Å². The Morgan fingerprint density at radius 1 is 1.56 bits per heavy atom. The van der Waals surface area contributed by atoms with Gasteiger partial charge in [-0.3, -0.25) is 4.68 Å². The quantitative estimate of drug-likeness (QED) is 0.890. The maximum absolute atomic E-state index is 5.30. The maximum atomic E-state index is 5.30. The number of halogens is 1. The molecule has 0 aliphatic heterocycles. The zero-order valence-electron chi connectivity index (χ0n) is 10.6. The van der Waals surface area contributed by atoms with Gasteiger partial charge in [-0.2, -0.15) is 0 Å². The van der Waals surface area contributed by atoms with Gasteiger partial charge in [0.05, 0.1) is 12.0 Å². The second-order valence-corrected chi connectivity index (χ2v) is 4.96. The first-order chi connectivity index (χ1) is 8.70. The van der Waals surface area contributed by atoms with Gasteiger partial charge in [-0.25, -0.2) is 0 Å². The van der Waals surface area contributed by atoms with Gasteiger partial charge in [0.2, 0.25) is 0 Å². The van der Waals surface area contributed by atoms with Crippen molar-refractivity contribution in [3.8, 4) is 0 Å². The molecule has 0 spiro atoms. The molecule has 0 saturated heterocycles. The lowest BCUT2D eigenvalue weighted by Gasteiger charge is -2.16. The summed E-state index contributed by atoms with van der Waals surface area (Å²) in [4.78, 5) is 0. The summed E-state index contributed by atoms with van der Waals surface area (Å²) in [5, 5.41) is 11.6. The van der Waals surface area contributed by atoms with Crippen molar-refractivity contribution in [1.82, 2.24) is 20.3 Å². The van der Waals surface area contributed by atoms with E-state index in [4.69, 9.17) is 4.42 Å². The Hall–Kier alpha value is -1.14. The van der Waals surface area contributed by atoms with Crippen LogP contribution in [-0.4, -0.2) is 21.5 Å². The van der Waals surface area contributed by atoms with Gasteiger partial charge in [-0.15, -0.1) is 5.10 Å². The van der Waals surface area contributed by atoms with Gasteiger partial charge in [0, 0.05) is 31.3 Å². The van der Waals surface area contributed by atoms with Gasteiger partial charge in [0.25, 0.3) is 0 Å². The van der Waals surface area contributed by atoms with E-state index in [1.165, 1.54) is 0 Å². The number of furan rings is 1. The van der Waals surface area contributed by atoms with E-state index in [0.717, 1.165) is 35.3 Å². The van der Waals surface area contributed by atoms with Crippen molar-refractivity contribution in [2.45, 2.75) is 25.8 Å². The molecule has 0 saturated carbocycles. The van der Waals surface area contributed by atoms with Crippen molar-refractivity contribution < 1.29 is 4.42 Å². The van der Waals surface area contributed by atoms with Crippen LogP contribution in [0.2, 0.25) is 0 Å². The van der Waals surface area contributed by atoms with Crippen molar-refractivity contribution in [2.24, 2.45) is 7.05 Å². The maximum Gasteiger partial charge on any atom is 0.173 e. The molecule has 0 radical (unpaired) electrons. The predicted octanol–water partition coefficient (Wildman–Crippen LogP) is 2.45. The normalized spacial score (nSPS) is 12.8. The fourth-order valence-electron chi connectivity index (χ4n) is 1.86. The molecule has 2 heterocycles. The average molecular weight is 313 g/mol. The van der Waals surface area contributed by atoms with Crippen LogP contribution < -0.4 is 5.32 Å². The first-order valence-corrected chi connectivity index (χ1v) is 6.81. The second-order valence-electron chi connectivity index (χ2n) is 4.24. The van der Waals surface area contributed by atoms with Crippen LogP contribution >= 0.6 is 15.9 Å². The molecule has 2 aromatic heterocycles. The molecule has 0 aliphatic carbocycles. The lowest BCUT2D eigenvalue weighted by Crippen LogP contribution is -2.24. The highest BCUT2D eigenvalue weighted by atomic mass is 79.9. The number of hydrogen-bond acceptors (Lipinski definition) is 4. The molecule has 1 unspecified atom stereocenters. The number of nitrogens with zero attached hydrogens (tertiary/aromatic N) is 3. The number of rotatable bonds is 6. The Morgan fingerprint density at radius 2 is 2.39 bits per heavy atom. The minimum Gasteiger partial charge on any atom is -0.457 e. The Morgan fingerprint density at radius 3 is 2.94 bits per heavy atom. The summed E-state index contributed by atoms with van der Waals surface area (Å²) in [6.45, 7) is 3.11. The van der Waals surface area contributed by atoms with Crippen LogP contribution in [0.25, 0.3) is 0 Å². The smallest absolute Gasteiger partial charge is 0.173 e. The highest BCUT2D eigenvalue weighted by molar-refractivity contribution is 9.10. The first-order valence-electron chi connectivity index (χ1n) is 6.02. The third kappa shape index (κ3) is 3.20. The molecule has 1 atom stereocenters. The van der Waals surface area contributed by atoms with E-state index in [0.29, 0.717) is 0 Å². The van der Waals surface area contributed by atoms with Gasteiger partial charge >= 0.3 is 0 Å². The molecule has 2 rings (SSSR count). The van der Waals surface area contributed by atoms with E-state index < -0.39 is 0 Å². The Labute approximate surface area is 115 Å². The molecule has 0 aliphatic rings. The van der Waals surface area contributed by atoms with Crippen molar-refractivity contribution >= 4 is 15.9 Å². The molecule has 1 N–H and O–H groups in total. The molecular weight excluding hydrogens is 296 g/mol. The van der Waals surface area contributed by atoms with E-state index in [9.17, 15) is 0 Å². The van der Waals surface area contributed by atoms with Crippen LogP contribution in [0.5, 0.6) is 0 Å². The van der Waals surface area contributed by atoms with Crippen LogP contribution in [0, 0.1) is 0 Å². The fraction of sp³-hybridized carbons (Fsp3) is 0.500. The number of hydrogen-bond donors (Lipinski definition) is 1. The van der Waals surface area contributed by atoms with E-state index in [1.807, 2.05) is 19.3 Å². The lowest BCUT2D eigenvalue weighted by atomic mass is 10.1. The molecular formula is C12H17BrN4O. The van der Waals surface area contributed by atoms with Gasteiger partial charge in [-0.05, 0) is 35.0 Å². The largest absolute Gasteiger partial charge is 0.457 e. The molecule has 5 nitrogen and oxygen atoms in total. The van der Waals surface area contributed by atoms with E-state index in [1.54, 1.807) is 10.9 Å². The highest BCUT2D eigenvalue weighted by Crippen LogP contribution is 2.26. The standard InChI is InChI=1S/C12H17BrN4O/c1-3-5-14-11(10-4-6-18-12(10)13)7-9-8-17(2)16-15-9/h4,6,8,11,14H,3,5,7H2,1-2H3. The molecule has 18 heavy (non-hydrogen) atoms. The van der Waals surface area contributed by atoms with Crippen LogP contribution in [0.15, 0.2) is 27.6 Å². The van der Waals surface area contributed by atoms with Crippen LogP contribution in [0.3, 0.4) is 0 Å². The summed E-state index contributed by atoms with van der Waals surface area (Å²) in [7, 11) is 1.87. The summed E-state index contributed by atoms with van der Waals surface area (Å²) in [5.41, 5.74) is 2.09. The molecule has 0 fully saturated rings. The van der Waals surface area contributed by atoms with E-state index >= 15 is 0 Å². The third-order valence-corrected chi connectivity index (χ3v) is 3.37. The molecule has 0 aromatic carbocycles. The summed E-state index contributed by atoms with van der Waals surface area (Å²) < 4.78 is 7.80. The first kappa shape index (κ1) is 13.3. The minimum atomic E-state index is 0.190. The van der Waals surface area contributed by atoms with Crippen LogP contribution in [0.1, 0.15) is 30.6 Å². The number of aryl methyl sites for hydroxylation is 1. The summed E-state index contributed by atoms with van der Waals surface area (Å²) >= 11 is 3.43. The Bertz CT molecular complexity index is 494. The zero-order valence-corrected chi connectivity index (χ0v) is 12.1. The summed E-state index contributed by atoms with van der Waals surface area (Å²) in [6.07, 6.45) is 5.52. The fourth-order valence-corrected chi connectivity index (χ4v) is 2.38. The molecule has 0 amide bonds. The van der Waals surface area contributed by atoms with Gasteiger partial charge in [0.1, 0.15) is 0 Å². The monoisotopic (exact) mass is 312 g/mol. The number of nitrogens with one attached hydrogen (secondary N) is 1. The Balaban J connectivity index is 2.12. The Kier molecular flexibility index (Phi) is 4.54. The SMILES string of the molecule is CCCNC(Cc1cn(C)nn1)c1ccoc1Br. The molecule has 0 bridgehead atoms. The summed E-state index contributed by atoms with van der Waals surface area (Å²) in [6, 6.07) is 2.17. The zero-order chi connectivity index (χ0) is 13.0. The van der Waals surface area contributed by atoms with E-state index in [2.05, 4.69) is 38.5 Å². The third-order valence-electron chi connectivity index (χ3n) is 2.73. The number of aromatic nitrogens is 3. The van der Waals surface area contributed by atoms with Crippen molar-refractivity contribution in [3.05, 3.63) is 34.5 Å². The van der Waals surface area contributed by atoms with Crippen molar-refractivity contribution in [1.29, 1.82) is 0 Å². The van der Waals surface area contributed by atoms with Gasteiger partial charge in [0.15, 0.2) is 4.67 Å². The van der Waals surface area contributed by atoms with E-state index in [-0.39, 0.29) is 6.04 Å². The van der Waals surface area contributed by atoms with Crippen molar-refractivity contribution in [3.63, 3.8) is 0 Å². The summed E-state index contributed by atoms with van der Waals surface area (Å²) in [5.74, 6) is 0.